The molecule has 3 aliphatic rings. The molecule has 8 nitrogen and oxygen atoms in total. The molecule has 2 heterocycles. The first-order chi connectivity index (χ1) is 19.7. The van der Waals surface area contributed by atoms with Crippen LogP contribution in [-0.2, 0) is 9.53 Å². The molecule has 1 aliphatic carbocycles. The van der Waals surface area contributed by atoms with Crippen LogP contribution < -0.4 is 14.8 Å². The van der Waals surface area contributed by atoms with Crippen LogP contribution in [0.3, 0.4) is 0 Å². The summed E-state index contributed by atoms with van der Waals surface area (Å²) in [4.78, 5) is 39.9. The smallest absolute Gasteiger partial charge is 0.308 e. The van der Waals surface area contributed by atoms with Crippen molar-refractivity contribution in [2.24, 2.45) is 5.92 Å². The fraction of sp³-hybridized carbons (Fsp3) is 0.516. The van der Waals surface area contributed by atoms with Gasteiger partial charge in [0.15, 0.2) is 5.78 Å². The van der Waals surface area contributed by atoms with Gasteiger partial charge in [-0.1, -0.05) is 29.3 Å². The monoisotopic (exact) mass is 602 g/mol. The molecule has 0 atom stereocenters. The van der Waals surface area contributed by atoms with Crippen molar-refractivity contribution in [3.05, 3.63) is 57.1 Å². The number of ketones is 1. The number of esters is 1. The van der Waals surface area contributed by atoms with E-state index in [1.54, 1.807) is 18.2 Å². The number of methoxy groups -OCH3 is 1. The molecule has 2 fully saturated rings. The highest BCUT2D eigenvalue weighted by Crippen LogP contribution is 2.42. The molecule has 1 saturated heterocycles. The van der Waals surface area contributed by atoms with Crippen molar-refractivity contribution in [3.63, 3.8) is 0 Å². The molecule has 10 heteroatoms. The van der Waals surface area contributed by atoms with Gasteiger partial charge in [0.1, 0.15) is 17.1 Å². The number of likely N-dealkylation sites (tertiary alicyclic amines) is 1. The number of nitrogens with zero attached hydrogens (tertiary/aromatic N) is 1. The number of fused-ring (bicyclic) bond motifs is 1. The fourth-order valence-corrected chi connectivity index (χ4v) is 6.68. The van der Waals surface area contributed by atoms with Crippen molar-refractivity contribution in [1.29, 1.82) is 0 Å². The number of carbonyl (C=O) groups excluding carboxylic acids is 3. The lowest BCUT2D eigenvalue weighted by molar-refractivity contribution is -0.147. The number of ether oxygens (including phenoxy) is 3. The van der Waals surface area contributed by atoms with E-state index in [1.807, 2.05) is 19.1 Å². The zero-order valence-corrected chi connectivity index (χ0v) is 25.0. The number of carbonyl (C=O) groups is 3. The molecule has 5 rings (SSSR count). The highest BCUT2D eigenvalue weighted by atomic mass is 35.5. The maximum absolute atomic E-state index is 13.2. The van der Waals surface area contributed by atoms with Crippen LogP contribution in [-0.4, -0.2) is 67.6 Å². The van der Waals surface area contributed by atoms with Crippen LogP contribution in [0, 0.1) is 12.8 Å². The molecule has 2 aliphatic heterocycles. The second-order valence-corrected chi connectivity index (χ2v) is 12.1. The van der Waals surface area contributed by atoms with Crippen LogP contribution in [0.5, 0.6) is 11.5 Å². The first kappa shape index (κ1) is 29.7. The third-order valence-corrected chi connectivity index (χ3v) is 9.19. The van der Waals surface area contributed by atoms with E-state index in [4.69, 9.17) is 37.4 Å². The SMILES string of the molecule is COC(=O)C1CCC(Oc2cc3c(cc2C)C(=O)CC2(CCN(CCNC(=O)c4c(Cl)cccc4Cl)CC2)O3)CC1. The third kappa shape index (κ3) is 6.65. The molecule has 0 unspecified atom stereocenters. The van der Waals surface area contributed by atoms with E-state index in [1.165, 1.54) is 7.11 Å². The quantitative estimate of drug-likeness (QED) is 0.410. The van der Waals surface area contributed by atoms with Crippen LogP contribution >= 0.6 is 23.2 Å². The summed E-state index contributed by atoms with van der Waals surface area (Å²) >= 11 is 12.3. The average Bonchev–Trinajstić information content (AvgIpc) is 2.95. The van der Waals surface area contributed by atoms with Gasteiger partial charge in [-0.05, 0) is 56.4 Å². The summed E-state index contributed by atoms with van der Waals surface area (Å²) in [6.45, 7) is 4.58. The Morgan fingerprint density at radius 3 is 2.44 bits per heavy atom. The molecule has 41 heavy (non-hydrogen) atoms. The number of halogens is 2. The second kappa shape index (κ2) is 12.6. The van der Waals surface area contributed by atoms with Crippen molar-refractivity contribution in [3.8, 4) is 11.5 Å². The normalized spacial score (nSPS) is 22.0. The standard InChI is InChI=1S/C31H36Cl2N2O6/c1-19-16-22-25(36)18-31(41-27(22)17-26(19)40-21-8-6-20(7-9-21)30(38)39-2)10-13-35(14-11-31)15-12-34-29(37)28-23(32)4-3-5-24(28)33/h3-5,16-17,20-21H,6-15,18H2,1-2H3,(H,34,37). The van der Waals surface area contributed by atoms with Gasteiger partial charge in [0.2, 0.25) is 0 Å². The number of benzene rings is 2. The summed E-state index contributed by atoms with van der Waals surface area (Å²) in [5.74, 6) is 0.898. The lowest BCUT2D eigenvalue weighted by Crippen LogP contribution is -2.52. The maximum Gasteiger partial charge on any atom is 0.308 e. The van der Waals surface area contributed by atoms with E-state index < -0.39 is 5.60 Å². The third-order valence-electron chi connectivity index (χ3n) is 8.56. The van der Waals surface area contributed by atoms with Crippen molar-refractivity contribution in [2.45, 2.75) is 63.6 Å². The lowest BCUT2D eigenvalue weighted by atomic mass is 9.82. The van der Waals surface area contributed by atoms with Crippen LogP contribution in [0.2, 0.25) is 10.0 Å². The predicted octanol–water partition coefficient (Wildman–Crippen LogP) is 5.64. The van der Waals surface area contributed by atoms with E-state index >= 15 is 0 Å². The average molecular weight is 604 g/mol. The van der Waals surface area contributed by atoms with E-state index in [0.717, 1.165) is 50.1 Å². The van der Waals surface area contributed by atoms with E-state index in [-0.39, 0.29) is 35.2 Å². The Kier molecular flexibility index (Phi) is 9.12. The number of amides is 1. The number of Topliss-reactive ketones (excluding diaryl/α,β-unsaturated/α-hetero) is 1. The molecular weight excluding hydrogens is 567 g/mol. The Morgan fingerprint density at radius 1 is 1.10 bits per heavy atom. The molecular formula is C31H36Cl2N2O6. The molecule has 220 valence electrons. The molecule has 2 aromatic carbocycles. The number of nitrogens with one attached hydrogen (secondary N) is 1. The second-order valence-electron chi connectivity index (χ2n) is 11.3. The molecule has 0 bridgehead atoms. The van der Waals surface area contributed by atoms with E-state index in [9.17, 15) is 14.4 Å². The Balaban J connectivity index is 1.15. The van der Waals surface area contributed by atoms with E-state index in [2.05, 4.69) is 10.2 Å². The highest BCUT2D eigenvalue weighted by molar-refractivity contribution is 6.39. The number of rotatable bonds is 7. The summed E-state index contributed by atoms with van der Waals surface area (Å²) in [5.41, 5.74) is 1.26. The van der Waals surface area contributed by atoms with Crippen LogP contribution in [0.1, 0.15) is 71.2 Å². The molecule has 1 spiro atoms. The van der Waals surface area contributed by atoms with Gasteiger partial charge in [-0.15, -0.1) is 0 Å². The number of aryl methyl sites for hydroxylation is 1. The Morgan fingerprint density at radius 2 is 1.78 bits per heavy atom. The molecule has 2 aromatic rings. The first-order valence-corrected chi connectivity index (χ1v) is 15.0. The Bertz CT molecular complexity index is 1300. The van der Waals surface area contributed by atoms with Gasteiger partial charge in [-0.2, -0.15) is 0 Å². The van der Waals surface area contributed by atoms with Crippen molar-refractivity contribution in [2.75, 3.05) is 33.3 Å². The van der Waals surface area contributed by atoms with Crippen LogP contribution in [0.4, 0.5) is 0 Å². The summed E-state index contributed by atoms with van der Waals surface area (Å²) in [6.07, 6.45) is 4.84. The van der Waals surface area contributed by atoms with Crippen LogP contribution in [0.15, 0.2) is 30.3 Å². The van der Waals surface area contributed by atoms with Gasteiger partial charge in [0.05, 0.1) is 46.7 Å². The minimum Gasteiger partial charge on any atom is -0.490 e. The number of piperidine rings is 1. The summed E-state index contributed by atoms with van der Waals surface area (Å²) in [5, 5.41) is 3.55. The summed E-state index contributed by atoms with van der Waals surface area (Å²) in [6, 6.07) is 8.74. The maximum atomic E-state index is 13.2. The molecule has 1 N–H and O–H groups in total. The minimum atomic E-state index is -0.542. The number of hydrogen-bond acceptors (Lipinski definition) is 7. The predicted molar refractivity (Wildman–Crippen MR) is 156 cm³/mol. The molecule has 0 aromatic heterocycles. The van der Waals surface area contributed by atoms with Crippen molar-refractivity contribution >= 4 is 40.9 Å². The molecule has 1 amide bonds. The van der Waals surface area contributed by atoms with Crippen LogP contribution in [0.25, 0.3) is 0 Å². The van der Waals surface area contributed by atoms with Crippen molar-refractivity contribution in [1.82, 2.24) is 10.2 Å². The topological polar surface area (TPSA) is 94.2 Å². The summed E-state index contributed by atoms with van der Waals surface area (Å²) < 4.78 is 17.8. The number of hydrogen-bond donors (Lipinski definition) is 1. The van der Waals surface area contributed by atoms with Gasteiger partial charge < -0.3 is 24.4 Å². The Hall–Kier alpha value is -2.81. The van der Waals surface area contributed by atoms with Gasteiger partial charge in [0, 0.05) is 45.1 Å². The zero-order valence-electron chi connectivity index (χ0n) is 23.5. The molecule has 1 saturated carbocycles. The Labute approximate surface area is 250 Å². The van der Waals surface area contributed by atoms with Gasteiger partial charge >= 0.3 is 5.97 Å². The van der Waals surface area contributed by atoms with Crippen molar-refractivity contribution < 1.29 is 28.6 Å². The van der Waals surface area contributed by atoms with E-state index in [0.29, 0.717) is 53.7 Å². The highest BCUT2D eigenvalue weighted by Gasteiger charge is 2.43. The molecule has 0 radical (unpaired) electrons. The van der Waals surface area contributed by atoms with Gasteiger partial charge in [-0.25, -0.2) is 0 Å². The van der Waals surface area contributed by atoms with Gasteiger partial charge in [0.25, 0.3) is 5.91 Å². The minimum absolute atomic E-state index is 0.0126. The summed E-state index contributed by atoms with van der Waals surface area (Å²) in [7, 11) is 1.43. The fourth-order valence-electron chi connectivity index (χ4n) is 6.11. The largest absolute Gasteiger partial charge is 0.490 e. The zero-order chi connectivity index (χ0) is 29.1. The lowest BCUT2D eigenvalue weighted by Gasteiger charge is -2.44. The first-order valence-electron chi connectivity index (χ1n) is 14.2. The van der Waals surface area contributed by atoms with Gasteiger partial charge in [-0.3, -0.25) is 14.4 Å².